The molecule has 2 amide bonds. The zero-order chi connectivity index (χ0) is 20.3. The maximum atomic E-state index is 13.2. The van der Waals surface area contributed by atoms with Gasteiger partial charge in [-0.1, -0.05) is 26.0 Å². The van der Waals surface area contributed by atoms with E-state index >= 15 is 0 Å². The average Bonchev–Trinajstić information content (AvgIpc) is 2.67. The van der Waals surface area contributed by atoms with Gasteiger partial charge in [0.15, 0.2) is 5.78 Å². The minimum absolute atomic E-state index is 0.0438. The van der Waals surface area contributed by atoms with Crippen LogP contribution in [0.2, 0.25) is 0 Å². The first-order valence-corrected chi connectivity index (χ1v) is 9.77. The quantitative estimate of drug-likeness (QED) is 0.585. The number of hydrazine groups is 1. The highest BCUT2D eigenvalue weighted by atomic mass is 16.3. The number of amides is 2. The number of aromatic hydroxyl groups is 1. The lowest BCUT2D eigenvalue weighted by molar-refractivity contribution is -0.142. The van der Waals surface area contributed by atoms with Crippen molar-refractivity contribution in [3.05, 3.63) is 29.8 Å². The topological polar surface area (TPSA) is 111 Å². The molecule has 2 heterocycles. The molecular formula is C20H28N4O4. The van der Waals surface area contributed by atoms with E-state index in [1.165, 1.54) is 5.01 Å². The minimum Gasteiger partial charge on any atom is -0.508 e. The lowest BCUT2D eigenvalue weighted by Crippen LogP contribution is -2.60. The normalized spacial score (nSPS) is 26.8. The highest BCUT2D eigenvalue weighted by Gasteiger charge is 2.35. The van der Waals surface area contributed by atoms with Crippen molar-refractivity contribution < 1.29 is 19.5 Å². The van der Waals surface area contributed by atoms with Gasteiger partial charge in [0.1, 0.15) is 11.8 Å². The summed E-state index contributed by atoms with van der Waals surface area (Å²) in [6.07, 6.45) is 1.63. The molecule has 2 fully saturated rings. The molecule has 8 heteroatoms. The van der Waals surface area contributed by atoms with Crippen LogP contribution in [0.3, 0.4) is 0 Å². The predicted octanol–water partition coefficient (Wildman–Crippen LogP) is 0.112. The Labute approximate surface area is 164 Å². The van der Waals surface area contributed by atoms with Gasteiger partial charge in [0.2, 0.25) is 5.91 Å². The van der Waals surface area contributed by atoms with Crippen molar-refractivity contribution in [3.63, 3.8) is 0 Å². The summed E-state index contributed by atoms with van der Waals surface area (Å²) in [5, 5.41) is 17.1. The number of nitrogens with one attached hydrogen (secondary N) is 3. The van der Waals surface area contributed by atoms with Gasteiger partial charge < -0.3 is 10.4 Å². The smallest absolute Gasteiger partial charge is 0.259 e. The fourth-order valence-electron chi connectivity index (χ4n) is 3.71. The summed E-state index contributed by atoms with van der Waals surface area (Å²) in [4.78, 5) is 38.6. The Bertz CT molecular complexity index is 751. The number of rotatable bonds is 3. The third-order valence-electron chi connectivity index (χ3n) is 5.25. The number of hydrogen-bond donors (Lipinski definition) is 4. The molecule has 2 saturated heterocycles. The molecule has 3 atom stereocenters. The largest absolute Gasteiger partial charge is 0.508 e. The SMILES string of the molecule is CC(C)C1NCC(=O)C2CCCN(N2)C(=O)C(Cc2cccc(O)c2)NC1=O. The molecule has 4 N–H and O–H groups in total. The third-order valence-corrected chi connectivity index (χ3v) is 5.25. The second-order valence-electron chi connectivity index (χ2n) is 7.82. The van der Waals surface area contributed by atoms with Crippen molar-refractivity contribution in [1.29, 1.82) is 0 Å². The van der Waals surface area contributed by atoms with Gasteiger partial charge in [-0.2, -0.15) is 0 Å². The molecule has 2 bridgehead atoms. The van der Waals surface area contributed by atoms with E-state index in [4.69, 9.17) is 0 Å². The minimum atomic E-state index is -0.795. The Balaban J connectivity index is 1.90. The molecule has 1 aromatic carbocycles. The van der Waals surface area contributed by atoms with Crippen molar-refractivity contribution in [3.8, 4) is 5.75 Å². The van der Waals surface area contributed by atoms with Crippen molar-refractivity contribution in [2.75, 3.05) is 13.1 Å². The van der Waals surface area contributed by atoms with Crippen molar-refractivity contribution >= 4 is 17.6 Å². The Morgan fingerprint density at radius 2 is 2.04 bits per heavy atom. The van der Waals surface area contributed by atoms with Gasteiger partial charge in [-0.15, -0.1) is 0 Å². The number of carbonyl (C=O) groups is 3. The number of ketones is 1. The fraction of sp³-hybridized carbons (Fsp3) is 0.550. The molecular weight excluding hydrogens is 360 g/mol. The van der Waals surface area contributed by atoms with Gasteiger partial charge in [0.25, 0.3) is 5.91 Å². The molecule has 152 valence electrons. The first kappa shape index (κ1) is 20.3. The van der Waals surface area contributed by atoms with Crippen LogP contribution in [0, 0.1) is 5.92 Å². The summed E-state index contributed by atoms with van der Waals surface area (Å²) in [5.74, 6) is -0.575. The van der Waals surface area contributed by atoms with E-state index in [-0.39, 0.29) is 42.2 Å². The number of phenols is 1. The molecule has 0 aromatic heterocycles. The van der Waals surface area contributed by atoms with Crippen LogP contribution >= 0.6 is 0 Å². The van der Waals surface area contributed by atoms with E-state index in [1.54, 1.807) is 24.3 Å². The maximum absolute atomic E-state index is 13.2. The second kappa shape index (κ2) is 8.70. The molecule has 3 rings (SSSR count). The number of hydrogen-bond acceptors (Lipinski definition) is 6. The van der Waals surface area contributed by atoms with Crippen LogP contribution in [0.15, 0.2) is 24.3 Å². The van der Waals surface area contributed by atoms with Crippen LogP contribution in [0.1, 0.15) is 32.3 Å². The Hall–Kier alpha value is -2.45. The Kier molecular flexibility index (Phi) is 6.31. The van der Waals surface area contributed by atoms with Crippen molar-refractivity contribution in [2.45, 2.75) is 51.2 Å². The van der Waals surface area contributed by atoms with Gasteiger partial charge in [-0.25, -0.2) is 5.43 Å². The molecule has 0 saturated carbocycles. The lowest BCUT2D eigenvalue weighted by atomic mass is 10.0. The number of nitrogens with zero attached hydrogens (tertiary/aromatic N) is 1. The Morgan fingerprint density at radius 1 is 1.25 bits per heavy atom. The number of fused-ring (bicyclic) bond motifs is 2. The number of phenolic OH excluding ortho intramolecular Hbond substituents is 1. The number of benzene rings is 1. The first-order valence-electron chi connectivity index (χ1n) is 9.77. The van der Waals surface area contributed by atoms with Crippen LogP contribution in [-0.4, -0.2) is 58.9 Å². The summed E-state index contributed by atoms with van der Waals surface area (Å²) in [5.41, 5.74) is 3.77. The molecule has 0 spiro atoms. The fourth-order valence-corrected chi connectivity index (χ4v) is 3.71. The lowest BCUT2D eigenvalue weighted by Gasteiger charge is -2.35. The molecule has 0 radical (unpaired) electrons. The van der Waals surface area contributed by atoms with E-state index in [9.17, 15) is 19.5 Å². The molecule has 0 aliphatic carbocycles. The van der Waals surface area contributed by atoms with Gasteiger partial charge in [0.05, 0.1) is 18.6 Å². The van der Waals surface area contributed by atoms with E-state index < -0.39 is 18.1 Å². The molecule has 3 unspecified atom stereocenters. The third kappa shape index (κ3) is 4.69. The van der Waals surface area contributed by atoms with Gasteiger partial charge in [-0.05, 0) is 36.5 Å². The average molecular weight is 388 g/mol. The van der Waals surface area contributed by atoms with E-state index in [2.05, 4.69) is 16.1 Å². The van der Waals surface area contributed by atoms with E-state index in [0.717, 1.165) is 12.0 Å². The number of Topliss-reactive ketones (excluding diaryl/α,β-unsaturated/α-hetero) is 1. The summed E-state index contributed by atoms with van der Waals surface area (Å²) >= 11 is 0. The van der Waals surface area contributed by atoms with E-state index in [1.807, 2.05) is 13.8 Å². The molecule has 1 aromatic rings. The van der Waals surface area contributed by atoms with Gasteiger partial charge >= 0.3 is 0 Å². The first-order chi connectivity index (χ1) is 13.3. The summed E-state index contributed by atoms with van der Waals surface area (Å²) in [6.45, 7) is 4.35. The molecule has 28 heavy (non-hydrogen) atoms. The molecule has 2 aliphatic rings. The Morgan fingerprint density at radius 3 is 2.75 bits per heavy atom. The predicted molar refractivity (Wildman–Crippen MR) is 103 cm³/mol. The summed E-state index contributed by atoms with van der Waals surface area (Å²) < 4.78 is 0. The zero-order valence-electron chi connectivity index (χ0n) is 16.3. The molecule has 8 nitrogen and oxygen atoms in total. The van der Waals surface area contributed by atoms with Crippen molar-refractivity contribution in [1.82, 2.24) is 21.1 Å². The standard InChI is InChI=1S/C20H28N4O4/c1-12(2)18-19(27)22-16(10-13-5-3-6-14(25)9-13)20(28)24-8-4-7-15(23-24)17(26)11-21-18/h3,5-6,9,12,15-16,18,21,23,25H,4,7-8,10-11H2,1-2H3,(H,22,27). The van der Waals surface area contributed by atoms with Crippen LogP contribution < -0.4 is 16.1 Å². The second-order valence-corrected chi connectivity index (χ2v) is 7.82. The summed E-state index contributed by atoms with van der Waals surface area (Å²) in [6, 6.07) is 4.84. The van der Waals surface area contributed by atoms with Crippen LogP contribution in [0.25, 0.3) is 0 Å². The van der Waals surface area contributed by atoms with Gasteiger partial charge in [0, 0.05) is 13.0 Å². The highest BCUT2D eigenvalue weighted by Crippen LogP contribution is 2.16. The zero-order valence-corrected chi connectivity index (χ0v) is 16.3. The number of carbonyl (C=O) groups excluding carboxylic acids is 3. The van der Waals surface area contributed by atoms with Crippen LogP contribution in [0.4, 0.5) is 0 Å². The van der Waals surface area contributed by atoms with Crippen molar-refractivity contribution in [2.24, 2.45) is 5.92 Å². The summed E-state index contributed by atoms with van der Waals surface area (Å²) in [7, 11) is 0. The molecule has 2 aliphatic heterocycles. The highest BCUT2D eigenvalue weighted by molar-refractivity contribution is 5.92. The maximum Gasteiger partial charge on any atom is 0.259 e. The monoisotopic (exact) mass is 388 g/mol. The van der Waals surface area contributed by atoms with Crippen LogP contribution in [-0.2, 0) is 20.8 Å². The van der Waals surface area contributed by atoms with E-state index in [0.29, 0.717) is 13.0 Å². The van der Waals surface area contributed by atoms with Gasteiger partial charge in [-0.3, -0.25) is 24.7 Å². The van der Waals surface area contributed by atoms with Crippen LogP contribution in [0.5, 0.6) is 5.75 Å².